The van der Waals surface area contributed by atoms with Gasteiger partial charge in [-0.05, 0) is 36.2 Å². The van der Waals surface area contributed by atoms with Gasteiger partial charge in [0.15, 0.2) is 0 Å². The zero-order chi connectivity index (χ0) is 12.8. The van der Waals surface area contributed by atoms with Gasteiger partial charge in [0, 0.05) is 37.7 Å². The molecule has 0 unspecified atom stereocenters. The van der Waals surface area contributed by atoms with E-state index in [-0.39, 0.29) is 0 Å². The summed E-state index contributed by atoms with van der Waals surface area (Å²) in [4.78, 5) is 6.38. The molecule has 0 aliphatic heterocycles. The Hall–Kier alpha value is -1.87. The zero-order valence-electron chi connectivity index (χ0n) is 10.7. The van der Waals surface area contributed by atoms with Crippen LogP contribution in [0, 0.1) is 0 Å². The van der Waals surface area contributed by atoms with Crippen molar-refractivity contribution in [3.63, 3.8) is 0 Å². The van der Waals surface area contributed by atoms with Crippen LogP contribution in [0.5, 0.6) is 0 Å². The molecule has 0 spiro atoms. The molecule has 2 N–H and O–H groups in total. The van der Waals surface area contributed by atoms with E-state index in [1.807, 2.05) is 30.6 Å². The fourth-order valence-corrected chi connectivity index (χ4v) is 2.07. The molecule has 1 heterocycles. The second-order valence-electron chi connectivity index (χ2n) is 4.20. The van der Waals surface area contributed by atoms with Gasteiger partial charge < -0.3 is 10.6 Å². The van der Waals surface area contributed by atoms with Crippen molar-refractivity contribution in [3.05, 3.63) is 59.9 Å². The quantitative estimate of drug-likeness (QED) is 0.874. The molecule has 0 bridgehead atoms. The molecule has 0 radical (unpaired) electrons. The van der Waals surface area contributed by atoms with E-state index in [1.54, 1.807) is 0 Å². The first kappa shape index (κ1) is 12.6. The van der Waals surface area contributed by atoms with E-state index in [0.717, 1.165) is 13.1 Å². The van der Waals surface area contributed by atoms with Crippen molar-refractivity contribution in [2.45, 2.75) is 20.0 Å². The van der Waals surface area contributed by atoms with Crippen LogP contribution < -0.4 is 10.6 Å². The third-order valence-electron chi connectivity index (χ3n) is 3.06. The van der Waals surface area contributed by atoms with Crippen LogP contribution in [0.4, 0.5) is 5.69 Å². The molecule has 18 heavy (non-hydrogen) atoms. The Labute approximate surface area is 108 Å². The molecule has 0 saturated heterocycles. The highest BCUT2D eigenvalue weighted by atomic mass is 15.1. The Kier molecular flexibility index (Phi) is 4.31. The van der Waals surface area contributed by atoms with Crippen molar-refractivity contribution in [2.75, 3.05) is 11.4 Å². The van der Waals surface area contributed by atoms with E-state index >= 15 is 0 Å². The van der Waals surface area contributed by atoms with Gasteiger partial charge in [0.2, 0.25) is 0 Å². The van der Waals surface area contributed by atoms with E-state index < -0.39 is 0 Å². The van der Waals surface area contributed by atoms with Gasteiger partial charge in [-0.2, -0.15) is 0 Å². The molecule has 94 valence electrons. The van der Waals surface area contributed by atoms with Gasteiger partial charge >= 0.3 is 0 Å². The lowest BCUT2D eigenvalue weighted by Crippen LogP contribution is -2.23. The monoisotopic (exact) mass is 241 g/mol. The summed E-state index contributed by atoms with van der Waals surface area (Å²) < 4.78 is 0. The summed E-state index contributed by atoms with van der Waals surface area (Å²) in [6.07, 6.45) is 3.66. The number of nitrogens with zero attached hydrogens (tertiary/aromatic N) is 2. The first-order valence-electron chi connectivity index (χ1n) is 6.27. The van der Waals surface area contributed by atoms with E-state index in [1.165, 1.54) is 16.8 Å². The Morgan fingerprint density at radius 3 is 2.50 bits per heavy atom. The van der Waals surface area contributed by atoms with Crippen LogP contribution in [0.1, 0.15) is 18.1 Å². The van der Waals surface area contributed by atoms with Crippen LogP contribution >= 0.6 is 0 Å². The second-order valence-corrected chi connectivity index (χ2v) is 4.20. The highest BCUT2D eigenvalue weighted by Gasteiger charge is 2.08. The molecule has 1 aromatic heterocycles. The van der Waals surface area contributed by atoms with E-state index in [0.29, 0.717) is 6.54 Å². The number of pyridine rings is 1. The van der Waals surface area contributed by atoms with Crippen molar-refractivity contribution in [1.29, 1.82) is 0 Å². The molecule has 3 heteroatoms. The fraction of sp³-hybridized carbons (Fsp3) is 0.267. The van der Waals surface area contributed by atoms with Crippen molar-refractivity contribution < 1.29 is 0 Å². The predicted octanol–water partition coefficient (Wildman–Crippen LogP) is 2.57. The number of aromatic nitrogens is 1. The van der Waals surface area contributed by atoms with E-state index in [9.17, 15) is 0 Å². The lowest BCUT2D eigenvalue weighted by atomic mass is 10.1. The van der Waals surface area contributed by atoms with E-state index in [2.05, 4.69) is 35.0 Å². The smallest absolute Gasteiger partial charge is 0.0430 e. The van der Waals surface area contributed by atoms with Gasteiger partial charge in [-0.25, -0.2) is 0 Å². The van der Waals surface area contributed by atoms with Gasteiger partial charge in [0.1, 0.15) is 0 Å². The summed E-state index contributed by atoms with van der Waals surface area (Å²) in [7, 11) is 0. The summed E-state index contributed by atoms with van der Waals surface area (Å²) in [5.41, 5.74) is 9.47. The van der Waals surface area contributed by atoms with Gasteiger partial charge in [-0.15, -0.1) is 0 Å². The first-order valence-corrected chi connectivity index (χ1v) is 6.27. The van der Waals surface area contributed by atoms with Crippen LogP contribution in [0.3, 0.4) is 0 Å². The lowest BCUT2D eigenvalue weighted by Gasteiger charge is -2.25. The zero-order valence-corrected chi connectivity index (χ0v) is 10.7. The first-order chi connectivity index (χ1) is 8.85. The van der Waals surface area contributed by atoms with E-state index in [4.69, 9.17) is 5.73 Å². The third kappa shape index (κ3) is 2.87. The minimum Gasteiger partial charge on any atom is -0.367 e. The SMILES string of the molecule is CCN(Cc1ccncc1)c1ccccc1CN. The number of para-hydroxylation sites is 1. The molecule has 0 aliphatic rings. The molecule has 0 atom stereocenters. The Morgan fingerprint density at radius 1 is 1.11 bits per heavy atom. The van der Waals surface area contributed by atoms with Crippen LogP contribution in [0.25, 0.3) is 0 Å². The van der Waals surface area contributed by atoms with Crippen molar-refractivity contribution in [2.24, 2.45) is 5.73 Å². The number of anilines is 1. The predicted molar refractivity (Wildman–Crippen MR) is 75.3 cm³/mol. The molecule has 0 amide bonds. The molecular weight excluding hydrogens is 222 g/mol. The molecule has 3 nitrogen and oxygen atoms in total. The Balaban J connectivity index is 2.23. The van der Waals surface area contributed by atoms with Crippen LogP contribution in [-0.2, 0) is 13.1 Å². The molecule has 0 aliphatic carbocycles. The highest BCUT2D eigenvalue weighted by Crippen LogP contribution is 2.21. The standard InChI is InChI=1S/C15H19N3/c1-2-18(12-13-7-9-17-10-8-13)15-6-4-3-5-14(15)11-16/h3-10H,2,11-12,16H2,1H3. The summed E-state index contributed by atoms with van der Waals surface area (Å²) in [6, 6.07) is 12.4. The molecule has 1 aromatic carbocycles. The number of benzene rings is 1. The third-order valence-corrected chi connectivity index (χ3v) is 3.06. The summed E-state index contributed by atoms with van der Waals surface area (Å²) in [5.74, 6) is 0. The topological polar surface area (TPSA) is 42.2 Å². The summed E-state index contributed by atoms with van der Waals surface area (Å²) in [6.45, 7) is 4.58. The van der Waals surface area contributed by atoms with Gasteiger partial charge in [-0.1, -0.05) is 18.2 Å². The van der Waals surface area contributed by atoms with Gasteiger partial charge in [0.05, 0.1) is 0 Å². The van der Waals surface area contributed by atoms with Crippen molar-refractivity contribution >= 4 is 5.69 Å². The number of hydrogen-bond acceptors (Lipinski definition) is 3. The summed E-state index contributed by atoms with van der Waals surface area (Å²) >= 11 is 0. The fourth-order valence-electron chi connectivity index (χ4n) is 2.07. The maximum absolute atomic E-state index is 5.80. The van der Waals surface area contributed by atoms with Crippen molar-refractivity contribution in [3.8, 4) is 0 Å². The average molecular weight is 241 g/mol. The Morgan fingerprint density at radius 2 is 1.83 bits per heavy atom. The minimum absolute atomic E-state index is 0.572. The highest BCUT2D eigenvalue weighted by molar-refractivity contribution is 5.53. The van der Waals surface area contributed by atoms with Crippen LogP contribution in [0.2, 0.25) is 0 Å². The van der Waals surface area contributed by atoms with Gasteiger partial charge in [0.25, 0.3) is 0 Å². The van der Waals surface area contributed by atoms with Crippen molar-refractivity contribution in [1.82, 2.24) is 4.98 Å². The normalized spacial score (nSPS) is 10.3. The molecular formula is C15H19N3. The second kappa shape index (κ2) is 6.17. The number of rotatable bonds is 5. The molecule has 0 fully saturated rings. The van der Waals surface area contributed by atoms with Crippen LogP contribution in [-0.4, -0.2) is 11.5 Å². The average Bonchev–Trinajstić information content (AvgIpc) is 2.46. The van der Waals surface area contributed by atoms with Crippen LogP contribution in [0.15, 0.2) is 48.8 Å². The van der Waals surface area contributed by atoms with Gasteiger partial charge in [-0.3, -0.25) is 4.98 Å². The number of hydrogen-bond donors (Lipinski definition) is 1. The largest absolute Gasteiger partial charge is 0.367 e. The maximum atomic E-state index is 5.80. The maximum Gasteiger partial charge on any atom is 0.0430 e. The summed E-state index contributed by atoms with van der Waals surface area (Å²) in [5, 5.41) is 0. The molecule has 2 aromatic rings. The number of nitrogens with two attached hydrogens (primary N) is 1. The molecule has 0 saturated carbocycles. The Bertz CT molecular complexity index is 482. The minimum atomic E-state index is 0.572. The lowest BCUT2D eigenvalue weighted by molar-refractivity contribution is 0.820. The molecule has 2 rings (SSSR count).